The van der Waals surface area contributed by atoms with Gasteiger partial charge in [0.1, 0.15) is 18.2 Å². The van der Waals surface area contributed by atoms with Crippen molar-refractivity contribution in [1.82, 2.24) is 14.7 Å². The van der Waals surface area contributed by atoms with Crippen molar-refractivity contribution in [3.63, 3.8) is 0 Å². The first kappa shape index (κ1) is 25.1. The van der Waals surface area contributed by atoms with Crippen LogP contribution in [-0.2, 0) is 4.79 Å². The molecular weight excluding hydrogens is 479 g/mol. The van der Waals surface area contributed by atoms with Crippen LogP contribution in [0.15, 0.2) is 84.9 Å². The van der Waals surface area contributed by atoms with Gasteiger partial charge in [-0.2, -0.15) is 5.10 Å². The number of halogens is 2. The van der Waals surface area contributed by atoms with Crippen molar-refractivity contribution in [2.24, 2.45) is 0 Å². The number of para-hydroxylation sites is 1. The molecule has 0 bridgehead atoms. The number of carbonyl (C=O) groups excluding carboxylic acids is 2. The van der Waals surface area contributed by atoms with E-state index in [4.69, 9.17) is 11.6 Å². The van der Waals surface area contributed by atoms with Crippen LogP contribution in [0.2, 0.25) is 5.02 Å². The largest absolute Gasteiger partial charge is 0.329 e. The predicted octanol–water partition coefficient (Wildman–Crippen LogP) is 6.21. The number of carbonyl (C=O) groups is 2. The zero-order valence-electron chi connectivity index (χ0n) is 19.8. The molecule has 2 amide bonds. The Balaban J connectivity index is 1.61. The highest BCUT2D eigenvalue weighted by Gasteiger charge is 2.21. The van der Waals surface area contributed by atoms with Crippen LogP contribution in [0.4, 0.5) is 10.2 Å². The highest BCUT2D eigenvalue weighted by molar-refractivity contribution is 6.32. The van der Waals surface area contributed by atoms with Crippen LogP contribution in [0, 0.1) is 5.82 Å². The first-order valence-corrected chi connectivity index (χ1v) is 12.1. The summed E-state index contributed by atoms with van der Waals surface area (Å²) < 4.78 is 14.9. The minimum atomic E-state index is -0.425. The summed E-state index contributed by atoms with van der Waals surface area (Å²) in [6.07, 6.45) is 1.59. The second kappa shape index (κ2) is 11.6. The number of amides is 2. The number of benzene rings is 3. The van der Waals surface area contributed by atoms with Gasteiger partial charge in [-0.15, -0.1) is 0 Å². The van der Waals surface area contributed by atoms with Crippen molar-refractivity contribution in [1.29, 1.82) is 0 Å². The minimum absolute atomic E-state index is 0.162. The van der Waals surface area contributed by atoms with Crippen molar-refractivity contribution in [2.45, 2.75) is 19.8 Å². The Morgan fingerprint density at radius 2 is 1.69 bits per heavy atom. The van der Waals surface area contributed by atoms with Gasteiger partial charge in [-0.3, -0.25) is 9.59 Å². The standard InChI is InChI=1S/C28H26ClFN4O2/c1-2-3-17-33(28(36)21-13-15-22(30)16-14-21)19-27(35)31-26-18-24(20-9-5-4-6-10-20)32-34(26)25-12-8-7-11-23(25)29/h4-16,18H,2-3,17,19H2,1H3,(H,31,35). The molecule has 1 N–H and O–H groups in total. The van der Waals surface area contributed by atoms with E-state index < -0.39 is 5.82 Å². The van der Waals surface area contributed by atoms with E-state index in [0.29, 0.717) is 34.3 Å². The third-order valence-electron chi connectivity index (χ3n) is 5.62. The molecule has 4 aromatic rings. The van der Waals surface area contributed by atoms with E-state index in [0.717, 1.165) is 18.4 Å². The molecule has 184 valence electrons. The van der Waals surface area contributed by atoms with Crippen LogP contribution in [0.3, 0.4) is 0 Å². The minimum Gasteiger partial charge on any atom is -0.329 e. The molecule has 1 heterocycles. The Morgan fingerprint density at radius 3 is 2.39 bits per heavy atom. The van der Waals surface area contributed by atoms with E-state index >= 15 is 0 Å². The normalized spacial score (nSPS) is 10.8. The second-order valence-corrected chi connectivity index (χ2v) is 8.69. The van der Waals surface area contributed by atoms with Crippen LogP contribution >= 0.6 is 11.6 Å². The summed E-state index contributed by atoms with van der Waals surface area (Å²) in [7, 11) is 0. The zero-order valence-corrected chi connectivity index (χ0v) is 20.6. The summed E-state index contributed by atoms with van der Waals surface area (Å²) in [6.45, 7) is 2.25. The number of anilines is 1. The fourth-order valence-electron chi connectivity index (χ4n) is 3.76. The van der Waals surface area contributed by atoms with E-state index in [-0.39, 0.29) is 18.4 Å². The quantitative estimate of drug-likeness (QED) is 0.294. The molecule has 0 saturated carbocycles. The molecule has 0 aliphatic heterocycles. The number of hydrogen-bond acceptors (Lipinski definition) is 3. The van der Waals surface area contributed by atoms with Crippen molar-refractivity contribution in [3.8, 4) is 16.9 Å². The van der Waals surface area contributed by atoms with Gasteiger partial charge in [-0.25, -0.2) is 9.07 Å². The van der Waals surface area contributed by atoms with Crippen LogP contribution in [0.5, 0.6) is 0 Å². The third kappa shape index (κ3) is 5.98. The SMILES string of the molecule is CCCCN(CC(=O)Nc1cc(-c2ccccc2)nn1-c1ccccc1Cl)C(=O)c1ccc(F)cc1. The van der Waals surface area contributed by atoms with Crippen molar-refractivity contribution in [2.75, 3.05) is 18.4 Å². The Hall–Kier alpha value is -3.97. The molecule has 0 radical (unpaired) electrons. The summed E-state index contributed by atoms with van der Waals surface area (Å²) in [4.78, 5) is 27.7. The maximum atomic E-state index is 13.3. The molecule has 4 rings (SSSR count). The Labute approximate surface area is 214 Å². The molecule has 0 spiro atoms. The number of hydrogen-bond donors (Lipinski definition) is 1. The van der Waals surface area contributed by atoms with Crippen molar-refractivity contribution in [3.05, 3.63) is 101 Å². The van der Waals surface area contributed by atoms with Gasteiger partial charge in [-0.1, -0.05) is 67.4 Å². The Bertz CT molecular complexity index is 1340. The molecule has 8 heteroatoms. The molecule has 0 saturated heterocycles. The highest BCUT2D eigenvalue weighted by atomic mass is 35.5. The molecule has 0 aliphatic carbocycles. The molecule has 0 fully saturated rings. The smallest absolute Gasteiger partial charge is 0.254 e. The molecular formula is C28H26ClFN4O2. The molecule has 6 nitrogen and oxygen atoms in total. The summed E-state index contributed by atoms with van der Waals surface area (Å²) >= 11 is 6.43. The van der Waals surface area contributed by atoms with E-state index in [1.54, 1.807) is 16.8 Å². The van der Waals surface area contributed by atoms with Gasteiger partial charge >= 0.3 is 0 Å². The lowest BCUT2D eigenvalue weighted by molar-refractivity contribution is -0.117. The first-order valence-electron chi connectivity index (χ1n) is 11.7. The zero-order chi connectivity index (χ0) is 25.5. The molecule has 1 aromatic heterocycles. The summed E-state index contributed by atoms with van der Waals surface area (Å²) in [5.41, 5.74) is 2.49. The molecule has 0 aliphatic rings. The van der Waals surface area contributed by atoms with Gasteiger partial charge in [0.2, 0.25) is 5.91 Å². The average Bonchev–Trinajstić information content (AvgIpc) is 3.30. The van der Waals surface area contributed by atoms with Gasteiger partial charge in [0.05, 0.1) is 16.4 Å². The Kier molecular flexibility index (Phi) is 8.13. The van der Waals surface area contributed by atoms with Gasteiger partial charge < -0.3 is 10.2 Å². The molecule has 0 unspecified atom stereocenters. The Morgan fingerprint density at radius 1 is 1.00 bits per heavy atom. The lowest BCUT2D eigenvalue weighted by Crippen LogP contribution is -2.39. The van der Waals surface area contributed by atoms with Crippen LogP contribution in [0.25, 0.3) is 16.9 Å². The number of rotatable bonds is 9. The van der Waals surface area contributed by atoms with Gasteiger partial charge in [0.15, 0.2) is 0 Å². The number of nitrogens with zero attached hydrogens (tertiary/aromatic N) is 3. The van der Waals surface area contributed by atoms with Crippen LogP contribution in [0.1, 0.15) is 30.1 Å². The van der Waals surface area contributed by atoms with Gasteiger partial charge in [-0.05, 0) is 42.8 Å². The fraction of sp³-hybridized carbons (Fsp3) is 0.179. The van der Waals surface area contributed by atoms with Crippen LogP contribution in [-0.4, -0.2) is 39.6 Å². The maximum Gasteiger partial charge on any atom is 0.254 e. The van der Waals surface area contributed by atoms with E-state index in [2.05, 4.69) is 10.4 Å². The maximum absolute atomic E-state index is 13.3. The van der Waals surface area contributed by atoms with Gasteiger partial charge in [0.25, 0.3) is 5.91 Å². The molecule has 0 atom stereocenters. The van der Waals surface area contributed by atoms with Crippen LogP contribution < -0.4 is 5.32 Å². The highest BCUT2D eigenvalue weighted by Crippen LogP contribution is 2.28. The van der Waals surface area contributed by atoms with Crippen molar-refractivity contribution < 1.29 is 14.0 Å². The molecule has 36 heavy (non-hydrogen) atoms. The lowest BCUT2D eigenvalue weighted by atomic mass is 10.1. The first-order chi connectivity index (χ1) is 17.5. The fourth-order valence-corrected chi connectivity index (χ4v) is 3.98. The van der Waals surface area contributed by atoms with E-state index in [1.165, 1.54) is 29.2 Å². The summed E-state index contributed by atoms with van der Waals surface area (Å²) in [6, 6.07) is 23.9. The lowest BCUT2D eigenvalue weighted by Gasteiger charge is -2.22. The third-order valence-corrected chi connectivity index (χ3v) is 5.94. The predicted molar refractivity (Wildman–Crippen MR) is 140 cm³/mol. The van der Waals surface area contributed by atoms with Crippen molar-refractivity contribution >= 4 is 29.2 Å². The van der Waals surface area contributed by atoms with Gasteiger partial charge in [0, 0.05) is 23.7 Å². The topological polar surface area (TPSA) is 67.2 Å². The second-order valence-electron chi connectivity index (χ2n) is 8.28. The number of unbranched alkanes of at least 4 members (excludes halogenated alkanes) is 1. The number of nitrogens with one attached hydrogen (secondary N) is 1. The number of aromatic nitrogens is 2. The van der Waals surface area contributed by atoms with E-state index in [1.807, 2.05) is 55.5 Å². The summed E-state index contributed by atoms with van der Waals surface area (Å²) in [5.74, 6) is -0.708. The molecule has 3 aromatic carbocycles. The van der Waals surface area contributed by atoms with E-state index in [9.17, 15) is 14.0 Å². The average molecular weight is 505 g/mol. The monoisotopic (exact) mass is 504 g/mol. The summed E-state index contributed by atoms with van der Waals surface area (Å²) in [5, 5.41) is 8.06.